The topological polar surface area (TPSA) is 433 Å². The number of hydrogen-bond donors (Lipinski definition) is 10. The number of nitrogens with one attached hydrogen (secondary N) is 1. The van der Waals surface area contributed by atoms with E-state index in [2.05, 4.69) is 5.32 Å². The number of sulfone groups is 1. The minimum absolute atomic E-state index is 0.00444. The van der Waals surface area contributed by atoms with E-state index in [1.54, 1.807) is 0 Å². The van der Waals surface area contributed by atoms with Gasteiger partial charge in [-0.05, 0) is 77.7 Å². The normalized spacial score (nSPS) is 12.4. The van der Waals surface area contributed by atoms with Crippen LogP contribution in [0.4, 0.5) is 22.7 Å². The number of phenols is 1. The van der Waals surface area contributed by atoms with Crippen molar-refractivity contribution in [1.29, 1.82) is 0 Å². The number of carbonyl (C=O) groups excluding carboxylic acids is 1. The molecular weight excluding hydrogens is 972 g/mol. The predicted molar refractivity (Wildman–Crippen MR) is 223 cm³/mol. The zero-order chi connectivity index (χ0) is 47.4. The summed E-state index contributed by atoms with van der Waals surface area (Å²) in [7, 11) is -26.1. The molecule has 0 aliphatic carbocycles. The first kappa shape index (κ1) is 51.2. The Morgan fingerprint density at radius 2 is 1.02 bits per heavy atom. The van der Waals surface area contributed by atoms with E-state index in [1.807, 2.05) is 0 Å². The molecule has 5 aromatic rings. The number of fused-ring (bicyclic) bond motifs is 1. The molecule has 5 aromatic carbocycles. The van der Waals surface area contributed by atoms with Crippen LogP contribution in [0.25, 0.3) is 10.8 Å². The summed E-state index contributed by atoms with van der Waals surface area (Å²) >= 11 is 5.45. The Morgan fingerprint density at radius 3 is 1.48 bits per heavy atom. The van der Waals surface area contributed by atoms with Crippen LogP contribution < -0.4 is 22.5 Å². The highest BCUT2D eigenvalue weighted by atomic mass is 35.5. The highest BCUT2D eigenvalue weighted by Crippen LogP contribution is 2.35. The fourth-order valence-electron chi connectivity index (χ4n) is 4.90. The van der Waals surface area contributed by atoms with Gasteiger partial charge < -0.3 is 27.6 Å². The SMILES string of the molecule is Nc1cc(S(=O)(=O)O)cc2cc(S(=O)(=O)O)cc(O)c12.Nc1ccc(NC(=O)c2ccc(CS(=O)(=O)CCCl)cc2)cc1S(=O)(=O)O.Nc1ccc(S(=O)(=O)O)cc1S(=O)(=O)O. The van der Waals surface area contributed by atoms with Gasteiger partial charge in [-0.1, -0.05) is 12.1 Å². The van der Waals surface area contributed by atoms with Crippen molar-refractivity contribution in [2.45, 2.75) is 30.2 Å². The van der Waals surface area contributed by atoms with Gasteiger partial charge >= 0.3 is 0 Å². The number of halogens is 1. The van der Waals surface area contributed by atoms with Gasteiger partial charge in [0.05, 0.1) is 37.6 Å². The van der Waals surface area contributed by atoms with Gasteiger partial charge in [0.2, 0.25) is 0 Å². The van der Waals surface area contributed by atoms with E-state index >= 15 is 0 Å². The monoisotopic (exact) mass is 1000 g/mol. The second-order valence-corrected chi connectivity index (χ2v) is 21.9. The van der Waals surface area contributed by atoms with Crippen LogP contribution in [0.15, 0.2) is 109 Å². The lowest BCUT2D eigenvalue weighted by Gasteiger charge is -2.09. The average molecular weight is 1010 g/mol. The van der Waals surface area contributed by atoms with E-state index < -0.39 is 96.6 Å². The fraction of sp³-hybridized carbons (Fsp3) is 0.0938. The van der Waals surface area contributed by atoms with E-state index in [0.29, 0.717) is 11.6 Å². The van der Waals surface area contributed by atoms with Crippen molar-refractivity contribution in [3.05, 3.63) is 96.1 Å². The van der Waals surface area contributed by atoms with Crippen LogP contribution in [0.2, 0.25) is 0 Å². The number of anilines is 4. The summed E-state index contributed by atoms with van der Waals surface area (Å²) in [5, 5.41) is 12.1. The van der Waals surface area contributed by atoms with Crippen LogP contribution in [0, 0.1) is 0 Å². The van der Waals surface area contributed by atoms with Crippen LogP contribution >= 0.6 is 11.6 Å². The van der Waals surface area contributed by atoms with Crippen molar-refractivity contribution in [3.8, 4) is 5.75 Å². The lowest BCUT2D eigenvalue weighted by molar-refractivity contribution is 0.102. The largest absolute Gasteiger partial charge is 0.507 e. The first-order valence-electron chi connectivity index (χ1n) is 16.0. The maximum atomic E-state index is 12.3. The number of nitrogen functional groups attached to an aromatic ring is 3. The molecule has 0 radical (unpaired) electrons. The minimum Gasteiger partial charge on any atom is -0.507 e. The molecule has 1 amide bonds. The highest BCUT2D eigenvalue weighted by Gasteiger charge is 2.21. The number of amides is 1. The molecule has 0 unspecified atom stereocenters. The molecule has 0 aliphatic rings. The zero-order valence-corrected chi connectivity index (χ0v) is 36.4. The molecule has 5 rings (SSSR count). The van der Waals surface area contributed by atoms with Gasteiger partial charge in [0.1, 0.15) is 15.5 Å². The smallest absolute Gasteiger partial charge is 0.296 e. The third kappa shape index (κ3) is 14.2. The van der Waals surface area contributed by atoms with E-state index in [9.17, 15) is 60.4 Å². The van der Waals surface area contributed by atoms with Gasteiger partial charge in [-0.3, -0.25) is 27.6 Å². The summed E-state index contributed by atoms with van der Waals surface area (Å²) in [6.07, 6.45) is 0. The van der Waals surface area contributed by atoms with Crippen molar-refractivity contribution in [1.82, 2.24) is 0 Å². The number of alkyl halides is 1. The number of hydrogen-bond acceptors (Lipinski definition) is 17. The van der Waals surface area contributed by atoms with Crippen molar-refractivity contribution >= 4 is 111 Å². The molecule has 62 heavy (non-hydrogen) atoms. The van der Waals surface area contributed by atoms with Crippen molar-refractivity contribution in [3.63, 3.8) is 0 Å². The Balaban J connectivity index is 0.000000259. The van der Waals surface area contributed by atoms with Crippen molar-refractivity contribution < 1.29 is 83.2 Å². The van der Waals surface area contributed by atoms with Crippen LogP contribution in [0.1, 0.15) is 15.9 Å². The Morgan fingerprint density at radius 1 is 0.548 bits per heavy atom. The average Bonchev–Trinajstić information content (AvgIpc) is 3.10. The Kier molecular flexibility index (Phi) is 15.7. The molecule has 23 nitrogen and oxygen atoms in total. The molecule has 30 heteroatoms. The lowest BCUT2D eigenvalue weighted by Crippen LogP contribution is -2.14. The summed E-state index contributed by atoms with van der Waals surface area (Å²) in [5.41, 5.74) is 16.5. The maximum absolute atomic E-state index is 12.3. The summed E-state index contributed by atoms with van der Waals surface area (Å²) in [6.45, 7) is 0. The molecule has 13 N–H and O–H groups in total. The number of phenolic OH excluding ortho intramolecular Hbond substituents is 1. The molecule has 0 heterocycles. The minimum atomic E-state index is -4.62. The fourth-order valence-corrected chi connectivity index (χ4v) is 9.64. The van der Waals surface area contributed by atoms with Crippen molar-refractivity contribution in [2.75, 3.05) is 34.2 Å². The van der Waals surface area contributed by atoms with E-state index in [0.717, 1.165) is 42.5 Å². The second kappa shape index (κ2) is 19.1. The number of rotatable bonds is 11. The molecule has 0 aromatic heterocycles. The first-order valence-corrected chi connectivity index (χ1v) is 25.6. The quantitative estimate of drug-likeness (QED) is 0.0515. The van der Waals surface area contributed by atoms with Crippen LogP contribution in [0.5, 0.6) is 5.75 Å². The summed E-state index contributed by atoms with van der Waals surface area (Å²) in [5.74, 6) is -1.40. The number of nitrogens with two attached hydrogens (primary N) is 3. The number of aromatic hydroxyl groups is 1. The van der Waals surface area contributed by atoms with E-state index in [4.69, 9.17) is 51.6 Å². The zero-order valence-electron chi connectivity index (χ0n) is 30.8. The maximum Gasteiger partial charge on any atom is 0.296 e. The molecule has 0 saturated carbocycles. The van der Waals surface area contributed by atoms with E-state index in [1.165, 1.54) is 36.4 Å². The molecule has 0 aliphatic heterocycles. The van der Waals surface area contributed by atoms with Gasteiger partial charge in [-0.25, -0.2) is 8.42 Å². The second-order valence-electron chi connectivity index (χ2n) is 12.3. The third-order valence-electron chi connectivity index (χ3n) is 7.70. The summed E-state index contributed by atoms with van der Waals surface area (Å²) in [6, 6.07) is 15.6. The number of carbonyl (C=O) groups is 1. The van der Waals surface area contributed by atoms with Crippen molar-refractivity contribution in [2.24, 2.45) is 0 Å². The highest BCUT2D eigenvalue weighted by molar-refractivity contribution is 7.90. The van der Waals surface area contributed by atoms with Gasteiger partial charge in [0.15, 0.2) is 9.84 Å². The molecule has 0 bridgehead atoms. The molecular formula is C32H33ClN4O19S6. The standard InChI is InChI=1S/C16H17ClN2O6S2.C10H9NO7S2.C6H7NO6S2/c17-7-8-26(21,22)10-11-1-3-12(4-2-11)16(20)19-13-5-6-14(18)15(9-13)27(23,24)25;11-8-3-6(19(13,14)15)1-5-2-7(20(16,17)18)4-9(12)10(5)8;7-5-2-1-4(14(8,9)10)3-6(5)15(11,12)13/h1-6,9H,7-8,10,18H2,(H,19,20)(H,23,24,25);1-4,12H,11H2,(H,13,14,15)(H,16,17,18);1-3H,7H2,(H,8,9,10)(H,11,12,13). The van der Waals surface area contributed by atoms with Gasteiger partial charge in [-0.15, -0.1) is 11.6 Å². The Labute approximate surface area is 358 Å². The third-order valence-corrected chi connectivity index (χ3v) is 14.0. The Hall–Kier alpha value is -5.18. The lowest BCUT2D eigenvalue weighted by atomic mass is 10.1. The molecule has 338 valence electrons. The van der Waals surface area contributed by atoms with Gasteiger partial charge in [-0.2, -0.15) is 42.1 Å². The van der Waals surface area contributed by atoms with Crippen LogP contribution in [-0.4, -0.2) is 95.9 Å². The van der Waals surface area contributed by atoms with Gasteiger partial charge in [0.25, 0.3) is 56.5 Å². The van der Waals surface area contributed by atoms with Crippen LogP contribution in [-0.2, 0) is 66.2 Å². The predicted octanol–water partition coefficient (Wildman–Crippen LogP) is 2.30. The summed E-state index contributed by atoms with van der Waals surface area (Å²) in [4.78, 5) is 9.14. The van der Waals surface area contributed by atoms with Crippen LogP contribution in [0.3, 0.4) is 0 Å². The molecule has 0 saturated heterocycles. The number of benzene rings is 5. The molecule has 0 fully saturated rings. The Bertz CT molecular complexity index is 3170. The summed E-state index contributed by atoms with van der Waals surface area (Å²) < 4.78 is 177. The molecule has 0 spiro atoms. The van der Waals surface area contributed by atoms with E-state index in [-0.39, 0.29) is 56.5 Å². The van der Waals surface area contributed by atoms with Gasteiger partial charge in [0, 0.05) is 34.3 Å². The molecule has 0 atom stereocenters. The first-order chi connectivity index (χ1) is 28.1.